The van der Waals surface area contributed by atoms with E-state index in [1.54, 1.807) is 0 Å². The highest BCUT2D eigenvalue weighted by atomic mass is 35.5. The molecule has 0 saturated heterocycles. The van der Waals surface area contributed by atoms with Crippen molar-refractivity contribution in [1.82, 2.24) is 4.90 Å². The van der Waals surface area contributed by atoms with E-state index >= 15 is 0 Å². The van der Waals surface area contributed by atoms with Crippen molar-refractivity contribution in [2.24, 2.45) is 5.92 Å². The Kier molecular flexibility index (Phi) is 7.96. The molecule has 2 nitrogen and oxygen atoms in total. The zero-order valence-electron chi connectivity index (χ0n) is 9.55. The molecule has 0 rings (SSSR count). The standard InChI is InChI=1S/C11H22ClNO/c1-4-7-13(8-6-12)11(14)9-10(3)5-2/h10H,4-9H2,1-3H3. The molecule has 0 spiro atoms. The predicted molar refractivity (Wildman–Crippen MR) is 61.7 cm³/mol. The molecule has 0 fully saturated rings. The molecule has 0 aromatic heterocycles. The third-order valence-corrected chi connectivity index (χ3v) is 2.59. The van der Waals surface area contributed by atoms with Gasteiger partial charge in [-0.05, 0) is 12.3 Å². The van der Waals surface area contributed by atoms with Gasteiger partial charge in [0.25, 0.3) is 0 Å². The molecule has 1 amide bonds. The second kappa shape index (κ2) is 8.10. The van der Waals surface area contributed by atoms with Gasteiger partial charge < -0.3 is 4.90 Å². The van der Waals surface area contributed by atoms with Crippen LogP contribution in [0, 0.1) is 5.92 Å². The molecular weight excluding hydrogens is 198 g/mol. The Balaban J connectivity index is 4.00. The van der Waals surface area contributed by atoms with Crippen LogP contribution < -0.4 is 0 Å². The minimum atomic E-state index is 0.252. The van der Waals surface area contributed by atoms with Crippen LogP contribution in [0.2, 0.25) is 0 Å². The van der Waals surface area contributed by atoms with Crippen LogP contribution in [0.3, 0.4) is 0 Å². The quantitative estimate of drug-likeness (QED) is 0.603. The molecule has 0 N–H and O–H groups in total. The fraction of sp³-hybridized carbons (Fsp3) is 0.909. The van der Waals surface area contributed by atoms with Crippen molar-refractivity contribution in [2.45, 2.75) is 40.0 Å². The predicted octanol–water partition coefficient (Wildman–Crippen LogP) is 2.90. The normalized spacial score (nSPS) is 12.6. The lowest BCUT2D eigenvalue weighted by Crippen LogP contribution is -2.34. The summed E-state index contributed by atoms with van der Waals surface area (Å²) in [5, 5.41) is 0. The second-order valence-corrected chi connectivity index (χ2v) is 4.17. The summed E-state index contributed by atoms with van der Waals surface area (Å²) >= 11 is 5.65. The molecule has 0 saturated carbocycles. The van der Waals surface area contributed by atoms with E-state index in [2.05, 4.69) is 20.8 Å². The average Bonchev–Trinajstić information content (AvgIpc) is 2.17. The number of carbonyl (C=O) groups is 1. The number of amides is 1. The van der Waals surface area contributed by atoms with Gasteiger partial charge in [0, 0.05) is 25.4 Å². The minimum Gasteiger partial charge on any atom is -0.342 e. The third kappa shape index (κ3) is 5.48. The summed E-state index contributed by atoms with van der Waals surface area (Å²) in [4.78, 5) is 13.6. The van der Waals surface area contributed by atoms with Gasteiger partial charge in [-0.25, -0.2) is 0 Å². The van der Waals surface area contributed by atoms with Crippen LogP contribution in [0.1, 0.15) is 40.0 Å². The average molecular weight is 220 g/mol. The molecule has 0 aromatic carbocycles. The number of carbonyl (C=O) groups excluding carboxylic acids is 1. The van der Waals surface area contributed by atoms with Gasteiger partial charge in [-0.3, -0.25) is 4.79 Å². The van der Waals surface area contributed by atoms with Crippen LogP contribution in [-0.4, -0.2) is 29.8 Å². The lowest BCUT2D eigenvalue weighted by molar-refractivity contribution is -0.131. The number of halogens is 1. The van der Waals surface area contributed by atoms with Crippen molar-refractivity contribution in [3.63, 3.8) is 0 Å². The Morgan fingerprint density at radius 1 is 1.36 bits per heavy atom. The van der Waals surface area contributed by atoms with Crippen molar-refractivity contribution in [2.75, 3.05) is 19.0 Å². The summed E-state index contributed by atoms with van der Waals surface area (Å²) in [6.45, 7) is 7.83. The number of hydrogen-bond acceptors (Lipinski definition) is 1. The maximum atomic E-state index is 11.8. The molecule has 0 radical (unpaired) electrons. The van der Waals surface area contributed by atoms with E-state index in [0.717, 1.165) is 19.4 Å². The molecule has 1 unspecified atom stereocenters. The third-order valence-electron chi connectivity index (χ3n) is 2.42. The van der Waals surface area contributed by atoms with Crippen LogP contribution in [0.25, 0.3) is 0 Å². The zero-order valence-corrected chi connectivity index (χ0v) is 10.3. The summed E-state index contributed by atoms with van der Waals surface area (Å²) in [6, 6.07) is 0. The second-order valence-electron chi connectivity index (χ2n) is 3.79. The number of hydrogen-bond donors (Lipinski definition) is 0. The van der Waals surface area contributed by atoms with Gasteiger partial charge in [0.05, 0.1) is 0 Å². The van der Waals surface area contributed by atoms with Gasteiger partial charge in [0.15, 0.2) is 0 Å². The van der Waals surface area contributed by atoms with Crippen molar-refractivity contribution in [1.29, 1.82) is 0 Å². The van der Waals surface area contributed by atoms with Gasteiger partial charge in [0.2, 0.25) is 5.91 Å². The van der Waals surface area contributed by atoms with E-state index in [9.17, 15) is 4.79 Å². The topological polar surface area (TPSA) is 20.3 Å². The van der Waals surface area contributed by atoms with Crippen LogP contribution in [0.4, 0.5) is 0 Å². The molecule has 84 valence electrons. The number of nitrogens with zero attached hydrogens (tertiary/aromatic N) is 1. The smallest absolute Gasteiger partial charge is 0.222 e. The molecule has 0 bridgehead atoms. The highest BCUT2D eigenvalue weighted by Crippen LogP contribution is 2.09. The van der Waals surface area contributed by atoms with Gasteiger partial charge >= 0.3 is 0 Å². The fourth-order valence-electron chi connectivity index (χ4n) is 1.30. The van der Waals surface area contributed by atoms with Gasteiger partial charge in [-0.2, -0.15) is 0 Å². The Morgan fingerprint density at radius 2 is 2.00 bits per heavy atom. The Labute approximate surface area is 92.6 Å². The van der Waals surface area contributed by atoms with Crippen molar-refractivity contribution in [3.05, 3.63) is 0 Å². The summed E-state index contributed by atoms with van der Waals surface area (Å²) < 4.78 is 0. The van der Waals surface area contributed by atoms with Gasteiger partial charge in [0.1, 0.15) is 0 Å². The lowest BCUT2D eigenvalue weighted by Gasteiger charge is -2.22. The summed E-state index contributed by atoms with van der Waals surface area (Å²) in [7, 11) is 0. The van der Waals surface area contributed by atoms with E-state index in [0.29, 0.717) is 24.8 Å². The molecule has 0 aliphatic rings. The first-order valence-electron chi connectivity index (χ1n) is 5.49. The van der Waals surface area contributed by atoms with Crippen molar-refractivity contribution in [3.8, 4) is 0 Å². The van der Waals surface area contributed by atoms with Crippen molar-refractivity contribution >= 4 is 17.5 Å². The van der Waals surface area contributed by atoms with E-state index in [-0.39, 0.29) is 5.91 Å². The molecule has 0 heterocycles. The molecule has 0 aliphatic heterocycles. The summed E-state index contributed by atoms with van der Waals surface area (Å²) in [6.07, 6.45) is 2.73. The van der Waals surface area contributed by atoms with Crippen LogP contribution >= 0.6 is 11.6 Å². The van der Waals surface area contributed by atoms with Gasteiger partial charge in [-0.15, -0.1) is 11.6 Å². The first-order chi connectivity index (χ1) is 6.65. The Morgan fingerprint density at radius 3 is 2.43 bits per heavy atom. The Bertz CT molecular complexity index is 155. The Hall–Kier alpha value is -0.240. The van der Waals surface area contributed by atoms with E-state index < -0.39 is 0 Å². The first-order valence-corrected chi connectivity index (χ1v) is 6.02. The van der Waals surface area contributed by atoms with Gasteiger partial charge in [-0.1, -0.05) is 27.2 Å². The first kappa shape index (κ1) is 13.8. The molecule has 0 aliphatic carbocycles. The fourth-order valence-corrected chi connectivity index (χ4v) is 1.51. The zero-order chi connectivity index (χ0) is 11.0. The summed E-state index contributed by atoms with van der Waals surface area (Å²) in [5.41, 5.74) is 0. The van der Waals surface area contributed by atoms with E-state index in [4.69, 9.17) is 11.6 Å². The monoisotopic (exact) mass is 219 g/mol. The largest absolute Gasteiger partial charge is 0.342 e. The SMILES string of the molecule is CCCN(CCCl)C(=O)CC(C)CC. The maximum Gasteiger partial charge on any atom is 0.222 e. The lowest BCUT2D eigenvalue weighted by atomic mass is 10.0. The molecular formula is C11H22ClNO. The molecule has 0 aromatic rings. The molecule has 1 atom stereocenters. The van der Waals surface area contributed by atoms with Crippen molar-refractivity contribution < 1.29 is 4.79 Å². The maximum absolute atomic E-state index is 11.8. The summed E-state index contributed by atoms with van der Waals surface area (Å²) in [5.74, 6) is 1.27. The van der Waals surface area contributed by atoms with Crippen LogP contribution in [0.15, 0.2) is 0 Å². The van der Waals surface area contributed by atoms with E-state index in [1.165, 1.54) is 0 Å². The minimum absolute atomic E-state index is 0.252. The van der Waals surface area contributed by atoms with Crippen LogP contribution in [-0.2, 0) is 4.79 Å². The highest BCUT2D eigenvalue weighted by Gasteiger charge is 2.14. The van der Waals surface area contributed by atoms with Crippen LogP contribution in [0.5, 0.6) is 0 Å². The molecule has 14 heavy (non-hydrogen) atoms. The molecule has 3 heteroatoms. The van der Waals surface area contributed by atoms with E-state index in [1.807, 2.05) is 4.90 Å². The number of alkyl halides is 1. The highest BCUT2D eigenvalue weighted by molar-refractivity contribution is 6.18. The number of rotatable bonds is 7.